The van der Waals surface area contributed by atoms with Crippen molar-refractivity contribution in [2.45, 2.75) is 6.10 Å². The van der Waals surface area contributed by atoms with Crippen molar-refractivity contribution in [2.75, 3.05) is 6.54 Å². The number of halogens is 2. The van der Waals surface area contributed by atoms with Gasteiger partial charge in [-0.2, -0.15) is 11.3 Å². The van der Waals surface area contributed by atoms with Gasteiger partial charge in [0.25, 0.3) is 5.91 Å². The van der Waals surface area contributed by atoms with Crippen molar-refractivity contribution >= 4 is 17.2 Å². The second-order valence-corrected chi connectivity index (χ2v) is 4.69. The van der Waals surface area contributed by atoms with Gasteiger partial charge in [-0.3, -0.25) is 4.79 Å². The van der Waals surface area contributed by atoms with Crippen molar-refractivity contribution in [2.24, 2.45) is 0 Å². The third-order valence-corrected chi connectivity index (χ3v) is 3.26. The van der Waals surface area contributed by atoms with Crippen molar-refractivity contribution in [1.29, 1.82) is 0 Å². The van der Waals surface area contributed by atoms with Gasteiger partial charge in [0, 0.05) is 12.6 Å². The highest BCUT2D eigenvalue weighted by Gasteiger charge is 2.14. The fourth-order valence-corrected chi connectivity index (χ4v) is 2.25. The van der Waals surface area contributed by atoms with E-state index < -0.39 is 23.6 Å². The molecule has 1 amide bonds. The first-order valence-electron chi connectivity index (χ1n) is 5.51. The summed E-state index contributed by atoms with van der Waals surface area (Å²) in [7, 11) is 0. The van der Waals surface area contributed by atoms with Crippen molar-refractivity contribution in [3.8, 4) is 0 Å². The molecule has 3 nitrogen and oxygen atoms in total. The van der Waals surface area contributed by atoms with Crippen molar-refractivity contribution < 1.29 is 18.7 Å². The third-order valence-electron chi connectivity index (χ3n) is 2.56. The number of hydrogen-bond donors (Lipinski definition) is 2. The molecular formula is C13H11F2NO2S. The molecule has 0 aliphatic carbocycles. The summed E-state index contributed by atoms with van der Waals surface area (Å²) >= 11 is 1.43. The average Bonchev–Trinajstić information content (AvgIpc) is 2.89. The van der Waals surface area contributed by atoms with Gasteiger partial charge in [-0.05, 0) is 34.5 Å². The minimum Gasteiger partial charge on any atom is -0.387 e. The summed E-state index contributed by atoms with van der Waals surface area (Å²) in [5, 5.41) is 15.7. The molecule has 1 aromatic heterocycles. The van der Waals surface area contributed by atoms with E-state index in [1.54, 1.807) is 16.8 Å². The Morgan fingerprint density at radius 3 is 2.79 bits per heavy atom. The molecule has 0 aliphatic heterocycles. The van der Waals surface area contributed by atoms with Crippen molar-refractivity contribution in [1.82, 2.24) is 5.32 Å². The molecule has 0 saturated carbocycles. The fourth-order valence-electron chi connectivity index (χ4n) is 1.54. The molecule has 1 aromatic carbocycles. The number of thiophene rings is 1. The summed E-state index contributed by atoms with van der Waals surface area (Å²) in [6.07, 6.45) is -0.848. The molecule has 19 heavy (non-hydrogen) atoms. The average molecular weight is 283 g/mol. The lowest BCUT2D eigenvalue weighted by Crippen LogP contribution is -2.29. The Morgan fingerprint density at radius 2 is 2.16 bits per heavy atom. The Bertz CT molecular complexity index is 572. The minimum atomic E-state index is -0.928. The van der Waals surface area contributed by atoms with Crippen LogP contribution in [-0.4, -0.2) is 17.6 Å². The van der Waals surface area contributed by atoms with Crippen LogP contribution < -0.4 is 5.32 Å². The van der Waals surface area contributed by atoms with Crippen LogP contribution in [0.25, 0.3) is 0 Å². The van der Waals surface area contributed by atoms with E-state index >= 15 is 0 Å². The van der Waals surface area contributed by atoms with E-state index in [2.05, 4.69) is 5.32 Å². The van der Waals surface area contributed by atoms with E-state index in [4.69, 9.17) is 0 Å². The number of hydrogen-bond acceptors (Lipinski definition) is 3. The first kappa shape index (κ1) is 13.6. The molecule has 2 N–H and O–H groups in total. The smallest absolute Gasteiger partial charge is 0.254 e. The van der Waals surface area contributed by atoms with Gasteiger partial charge in [-0.25, -0.2) is 8.78 Å². The lowest BCUT2D eigenvalue weighted by molar-refractivity contribution is 0.0912. The lowest BCUT2D eigenvalue weighted by Gasteiger charge is -2.11. The second-order valence-electron chi connectivity index (χ2n) is 3.91. The number of carbonyl (C=O) groups is 1. The van der Waals surface area contributed by atoms with Crippen molar-refractivity contribution in [3.63, 3.8) is 0 Å². The lowest BCUT2D eigenvalue weighted by atomic mass is 10.1. The maximum Gasteiger partial charge on any atom is 0.254 e. The Labute approximate surface area is 112 Å². The SMILES string of the molecule is O=C(NCC(O)c1ccsc1)c1ccc(F)cc1F. The van der Waals surface area contributed by atoms with Gasteiger partial charge in [-0.15, -0.1) is 0 Å². The topological polar surface area (TPSA) is 49.3 Å². The van der Waals surface area contributed by atoms with Gasteiger partial charge in [0.2, 0.25) is 0 Å². The number of rotatable bonds is 4. The zero-order valence-electron chi connectivity index (χ0n) is 9.77. The Hall–Kier alpha value is -1.79. The summed E-state index contributed by atoms with van der Waals surface area (Å²) in [6, 6.07) is 4.45. The van der Waals surface area contributed by atoms with Gasteiger partial charge >= 0.3 is 0 Å². The maximum absolute atomic E-state index is 13.3. The van der Waals surface area contributed by atoms with E-state index in [9.17, 15) is 18.7 Å². The van der Waals surface area contributed by atoms with Crippen LogP contribution in [0, 0.1) is 11.6 Å². The van der Waals surface area contributed by atoms with Crippen LogP contribution >= 0.6 is 11.3 Å². The van der Waals surface area contributed by atoms with Gasteiger partial charge in [0.15, 0.2) is 0 Å². The predicted molar refractivity (Wildman–Crippen MR) is 68.0 cm³/mol. The highest BCUT2D eigenvalue weighted by molar-refractivity contribution is 7.07. The van der Waals surface area contributed by atoms with E-state index in [1.807, 2.05) is 0 Å². The largest absolute Gasteiger partial charge is 0.387 e. The number of carbonyl (C=O) groups excluding carboxylic acids is 1. The molecule has 2 rings (SSSR count). The van der Waals surface area contributed by atoms with E-state index in [0.717, 1.165) is 12.1 Å². The summed E-state index contributed by atoms with van der Waals surface area (Å²) in [5.41, 5.74) is 0.434. The summed E-state index contributed by atoms with van der Waals surface area (Å²) in [5.74, 6) is -2.36. The number of aliphatic hydroxyl groups excluding tert-OH is 1. The van der Waals surface area contributed by atoms with Gasteiger partial charge < -0.3 is 10.4 Å². The van der Waals surface area contributed by atoms with Gasteiger partial charge in [-0.1, -0.05) is 0 Å². The van der Waals surface area contributed by atoms with Crippen LogP contribution in [0.2, 0.25) is 0 Å². The van der Waals surface area contributed by atoms with Gasteiger partial charge in [0.05, 0.1) is 11.7 Å². The second kappa shape index (κ2) is 5.90. The number of aliphatic hydroxyl groups is 1. The Kier molecular flexibility index (Phi) is 4.24. The molecule has 6 heteroatoms. The molecule has 0 spiro atoms. The molecule has 2 aromatic rings. The van der Waals surface area contributed by atoms with E-state index in [-0.39, 0.29) is 12.1 Å². The molecule has 1 atom stereocenters. The van der Waals surface area contributed by atoms with Crippen LogP contribution in [0.15, 0.2) is 35.0 Å². The molecule has 100 valence electrons. The minimum absolute atomic E-state index is 0.0353. The van der Waals surface area contributed by atoms with E-state index in [1.165, 1.54) is 11.3 Å². The first-order valence-corrected chi connectivity index (χ1v) is 6.45. The summed E-state index contributed by atoms with van der Waals surface area (Å²) in [6.45, 7) is -0.0353. The normalized spacial score (nSPS) is 12.2. The molecule has 0 fully saturated rings. The molecule has 1 heterocycles. The molecular weight excluding hydrogens is 272 g/mol. The first-order chi connectivity index (χ1) is 9.08. The van der Waals surface area contributed by atoms with Crippen LogP contribution in [0.1, 0.15) is 22.0 Å². The van der Waals surface area contributed by atoms with Crippen LogP contribution in [0.5, 0.6) is 0 Å². The van der Waals surface area contributed by atoms with Crippen LogP contribution in [0.4, 0.5) is 8.78 Å². The molecule has 0 saturated heterocycles. The zero-order valence-corrected chi connectivity index (χ0v) is 10.6. The summed E-state index contributed by atoms with van der Waals surface area (Å²) in [4.78, 5) is 11.7. The van der Waals surface area contributed by atoms with Crippen molar-refractivity contribution in [3.05, 3.63) is 57.8 Å². The highest BCUT2D eigenvalue weighted by Crippen LogP contribution is 2.15. The molecule has 0 bridgehead atoms. The number of nitrogens with one attached hydrogen (secondary N) is 1. The number of benzene rings is 1. The number of amides is 1. The van der Waals surface area contributed by atoms with E-state index in [0.29, 0.717) is 11.6 Å². The highest BCUT2D eigenvalue weighted by atomic mass is 32.1. The van der Waals surface area contributed by atoms with Crippen LogP contribution in [0.3, 0.4) is 0 Å². The fraction of sp³-hybridized carbons (Fsp3) is 0.154. The molecule has 1 unspecified atom stereocenters. The quantitative estimate of drug-likeness (QED) is 0.905. The monoisotopic (exact) mass is 283 g/mol. The molecule has 0 radical (unpaired) electrons. The molecule has 0 aliphatic rings. The standard InChI is InChI=1S/C13H11F2NO2S/c14-9-1-2-10(11(15)5-9)13(18)16-6-12(17)8-3-4-19-7-8/h1-5,7,12,17H,6H2,(H,16,18). The summed E-state index contributed by atoms with van der Waals surface area (Å²) < 4.78 is 26.0. The van der Waals surface area contributed by atoms with Gasteiger partial charge in [0.1, 0.15) is 11.6 Å². The Balaban J connectivity index is 1.98. The predicted octanol–water partition coefficient (Wildman–Crippen LogP) is 2.49. The van der Waals surface area contributed by atoms with Crippen LogP contribution in [-0.2, 0) is 0 Å². The maximum atomic E-state index is 13.3. The third kappa shape index (κ3) is 3.36. The Morgan fingerprint density at radius 1 is 1.37 bits per heavy atom. The zero-order chi connectivity index (χ0) is 13.8.